The minimum Gasteiger partial charge on any atom is -0.481 e. The van der Waals surface area contributed by atoms with Crippen LogP contribution in [0.5, 0.6) is 5.75 Å². The molecule has 3 rings (SSSR count). The van der Waals surface area contributed by atoms with Gasteiger partial charge in [-0.15, -0.1) is 0 Å². The molecule has 1 aliphatic carbocycles. The molecule has 0 bridgehead atoms. The molecule has 2 N–H and O–H groups in total. The van der Waals surface area contributed by atoms with Crippen molar-refractivity contribution in [2.45, 2.75) is 45.6 Å². The van der Waals surface area contributed by atoms with Gasteiger partial charge in [-0.2, -0.15) is 0 Å². The normalized spacial score (nSPS) is 14.1. The maximum atomic E-state index is 12.4. The second-order valence-electron chi connectivity index (χ2n) is 6.65. The molecular formula is C21H24N2O3. The van der Waals surface area contributed by atoms with Gasteiger partial charge in [0.2, 0.25) is 5.91 Å². The second kappa shape index (κ2) is 8.04. The summed E-state index contributed by atoms with van der Waals surface area (Å²) >= 11 is 0. The summed E-state index contributed by atoms with van der Waals surface area (Å²) in [7, 11) is 0. The molecular weight excluding hydrogens is 328 g/mol. The van der Waals surface area contributed by atoms with Crippen LogP contribution in [0.2, 0.25) is 0 Å². The number of fused-ring (bicyclic) bond motifs is 1. The summed E-state index contributed by atoms with van der Waals surface area (Å²) in [5.74, 6) is 0.387. The molecule has 1 unspecified atom stereocenters. The van der Waals surface area contributed by atoms with E-state index in [0.29, 0.717) is 11.4 Å². The number of rotatable bonds is 5. The van der Waals surface area contributed by atoms with Crippen molar-refractivity contribution in [1.29, 1.82) is 0 Å². The van der Waals surface area contributed by atoms with E-state index in [2.05, 4.69) is 22.8 Å². The number of anilines is 2. The Balaban J connectivity index is 1.58. The topological polar surface area (TPSA) is 67.4 Å². The number of nitrogens with one attached hydrogen (secondary N) is 2. The number of hydrogen-bond acceptors (Lipinski definition) is 3. The van der Waals surface area contributed by atoms with Gasteiger partial charge in [0.15, 0.2) is 6.10 Å². The van der Waals surface area contributed by atoms with Crippen LogP contribution in [0.25, 0.3) is 0 Å². The average Bonchev–Trinajstić information content (AvgIpc) is 2.62. The van der Waals surface area contributed by atoms with Crippen LogP contribution in [0.1, 0.15) is 37.8 Å². The molecule has 0 aliphatic heterocycles. The lowest BCUT2D eigenvalue weighted by molar-refractivity contribution is -0.122. The zero-order valence-corrected chi connectivity index (χ0v) is 15.2. The number of benzene rings is 2. The SMILES string of the molecule is CC(=O)Nc1ccc(NC(=O)C(C)Oc2ccc3c(c2)CCCC3)cc1. The Bertz CT molecular complexity index is 799. The highest BCUT2D eigenvalue weighted by Crippen LogP contribution is 2.26. The Morgan fingerprint density at radius 1 is 0.923 bits per heavy atom. The molecule has 0 aromatic heterocycles. The van der Waals surface area contributed by atoms with Crippen LogP contribution in [0.4, 0.5) is 11.4 Å². The van der Waals surface area contributed by atoms with Gasteiger partial charge in [-0.25, -0.2) is 0 Å². The zero-order valence-electron chi connectivity index (χ0n) is 15.2. The predicted octanol–water partition coefficient (Wildman–Crippen LogP) is 3.93. The van der Waals surface area contributed by atoms with Gasteiger partial charge in [-0.3, -0.25) is 9.59 Å². The molecule has 1 aliphatic rings. The summed E-state index contributed by atoms with van der Waals surface area (Å²) in [5, 5.41) is 5.52. The zero-order chi connectivity index (χ0) is 18.5. The van der Waals surface area contributed by atoms with Crippen molar-refractivity contribution in [1.82, 2.24) is 0 Å². The number of carbonyl (C=O) groups excluding carboxylic acids is 2. The van der Waals surface area contributed by atoms with Gasteiger partial charge in [0.25, 0.3) is 5.91 Å². The van der Waals surface area contributed by atoms with Crippen molar-refractivity contribution in [2.24, 2.45) is 0 Å². The van der Waals surface area contributed by atoms with Crippen LogP contribution in [-0.2, 0) is 22.4 Å². The van der Waals surface area contributed by atoms with E-state index in [9.17, 15) is 9.59 Å². The van der Waals surface area contributed by atoms with Crippen LogP contribution in [0, 0.1) is 0 Å². The number of carbonyl (C=O) groups is 2. The fourth-order valence-electron chi connectivity index (χ4n) is 3.12. The number of hydrogen-bond donors (Lipinski definition) is 2. The monoisotopic (exact) mass is 352 g/mol. The van der Waals surface area contributed by atoms with E-state index in [-0.39, 0.29) is 11.8 Å². The van der Waals surface area contributed by atoms with Crippen molar-refractivity contribution in [3.8, 4) is 5.75 Å². The van der Waals surface area contributed by atoms with E-state index in [4.69, 9.17) is 4.74 Å². The number of ether oxygens (including phenoxy) is 1. The number of amides is 2. The van der Waals surface area contributed by atoms with E-state index in [0.717, 1.165) is 18.6 Å². The van der Waals surface area contributed by atoms with Gasteiger partial charge in [-0.05, 0) is 80.1 Å². The molecule has 0 fully saturated rings. The van der Waals surface area contributed by atoms with E-state index in [1.54, 1.807) is 31.2 Å². The quantitative estimate of drug-likeness (QED) is 0.857. The van der Waals surface area contributed by atoms with Crippen molar-refractivity contribution in [3.05, 3.63) is 53.6 Å². The summed E-state index contributed by atoms with van der Waals surface area (Å²) in [6, 6.07) is 13.1. The van der Waals surface area contributed by atoms with E-state index >= 15 is 0 Å². The van der Waals surface area contributed by atoms with Crippen LogP contribution in [-0.4, -0.2) is 17.9 Å². The Hall–Kier alpha value is -2.82. The van der Waals surface area contributed by atoms with Crippen LogP contribution >= 0.6 is 0 Å². The molecule has 1 atom stereocenters. The summed E-state index contributed by atoms with van der Waals surface area (Å²) < 4.78 is 5.82. The molecule has 5 nitrogen and oxygen atoms in total. The molecule has 0 spiro atoms. The maximum Gasteiger partial charge on any atom is 0.265 e. The highest BCUT2D eigenvalue weighted by Gasteiger charge is 2.16. The third-order valence-corrected chi connectivity index (χ3v) is 4.47. The highest BCUT2D eigenvalue weighted by atomic mass is 16.5. The minimum atomic E-state index is -0.605. The van der Waals surface area contributed by atoms with Gasteiger partial charge >= 0.3 is 0 Å². The molecule has 2 amide bonds. The highest BCUT2D eigenvalue weighted by molar-refractivity contribution is 5.94. The third kappa shape index (κ3) is 4.63. The minimum absolute atomic E-state index is 0.131. The Labute approximate surface area is 153 Å². The van der Waals surface area contributed by atoms with Gasteiger partial charge < -0.3 is 15.4 Å². The molecule has 0 heterocycles. The fraction of sp³-hybridized carbons (Fsp3) is 0.333. The third-order valence-electron chi connectivity index (χ3n) is 4.47. The summed E-state index contributed by atoms with van der Waals surface area (Å²) in [6.07, 6.45) is 4.05. The van der Waals surface area contributed by atoms with Crippen molar-refractivity contribution in [3.63, 3.8) is 0 Å². The lowest BCUT2D eigenvalue weighted by Crippen LogP contribution is -2.30. The van der Waals surface area contributed by atoms with Crippen molar-refractivity contribution in [2.75, 3.05) is 10.6 Å². The fourth-order valence-corrected chi connectivity index (χ4v) is 3.12. The molecule has 2 aromatic rings. The molecule has 0 radical (unpaired) electrons. The molecule has 0 saturated heterocycles. The molecule has 26 heavy (non-hydrogen) atoms. The Morgan fingerprint density at radius 2 is 1.54 bits per heavy atom. The summed E-state index contributed by atoms with van der Waals surface area (Å²) in [6.45, 7) is 3.19. The molecule has 0 saturated carbocycles. The van der Waals surface area contributed by atoms with Gasteiger partial charge in [0.05, 0.1) is 0 Å². The van der Waals surface area contributed by atoms with Crippen molar-refractivity contribution < 1.29 is 14.3 Å². The first-order chi connectivity index (χ1) is 12.5. The smallest absolute Gasteiger partial charge is 0.265 e. The standard InChI is InChI=1S/C21H24N2O3/c1-14(26-20-12-7-16-5-3-4-6-17(16)13-20)21(25)23-19-10-8-18(9-11-19)22-15(2)24/h7-14H,3-6H2,1-2H3,(H,22,24)(H,23,25). The van der Waals surface area contributed by atoms with Gasteiger partial charge in [0.1, 0.15) is 5.75 Å². The Morgan fingerprint density at radius 3 is 2.19 bits per heavy atom. The van der Waals surface area contributed by atoms with Crippen LogP contribution in [0.3, 0.4) is 0 Å². The van der Waals surface area contributed by atoms with E-state index in [1.165, 1.54) is 30.9 Å². The molecule has 2 aromatic carbocycles. The molecule has 5 heteroatoms. The maximum absolute atomic E-state index is 12.4. The van der Waals surface area contributed by atoms with Crippen molar-refractivity contribution >= 4 is 23.2 Å². The van der Waals surface area contributed by atoms with E-state index in [1.807, 2.05) is 6.07 Å². The lowest BCUT2D eigenvalue weighted by Gasteiger charge is -2.19. The first-order valence-corrected chi connectivity index (χ1v) is 8.98. The first-order valence-electron chi connectivity index (χ1n) is 8.98. The van der Waals surface area contributed by atoms with Crippen LogP contribution < -0.4 is 15.4 Å². The molecule has 136 valence electrons. The number of aryl methyl sites for hydroxylation is 2. The predicted molar refractivity (Wildman–Crippen MR) is 103 cm³/mol. The van der Waals surface area contributed by atoms with E-state index < -0.39 is 6.10 Å². The van der Waals surface area contributed by atoms with Crippen LogP contribution in [0.15, 0.2) is 42.5 Å². The second-order valence-corrected chi connectivity index (χ2v) is 6.65. The van der Waals surface area contributed by atoms with Gasteiger partial charge in [-0.1, -0.05) is 6.07 Å². The average molecular weight is 352 g/mol. The lowest BCUT2D eigenvalue weighted by atomic mass is 9.92. The summed E-state index contributed by atoms with van der Waals surface area (Å²) in [4.78, 5) is 23.4. The largest absolute Gasteiger partial charge is 0.481 e. The first kappa shape index (κ1) is 18.0. The summed E-state index contributed by atoms with van der Waals surface area (Å²) in [5.41, 5.74) is 4.06. The van der Waals surface area contributed by atoms with Gasteiger partial charge in [0, 0.05) is 18.3 Å². The Kier molecular flexibility index (Phi) is 5.56.